The molecule has 16 heavy (non-hydrogen) atoms. The molecule has 1 aliphatic rings. The van der Waals surface area contributed by atoms with Gasteiger partial charge in [0.15, 0.2) is 0 Å². The molecule has 0 bridgehead atoms. The van der Waals surface area contributed by atoms with E-state index in [1.807, 2.05) is 0 Å². The highest BCUT2D eigenvalue weighted by molar-refractivity contribution is 7.99. The lowest BCUT2D eigenvalue weighted by atomic mass is 10.2. The summed E-state index contributed by atoms with van der Waals surface area (Å²) < 4.78 is 1.60. The highest BCUT2D eigenvalue weighted by atomic mass is 32.2. The Morgan fingerprint density at radius 2 is 2.31 bits per heavy atom. The highest BCUT2D eigenvalue weighted by Gasteiger charge is 2.17. The van der Waals surface area contributed by atoms with E-state index in [0.29, 0.717) is 5.56 Å². The molecule has 5 nitrogen and oxygen atoms in total. The molecule has 1 aliphatic heterocycles. The minimum Gasteiger partial charge on any atom is -0.326 e. The van der Waals surface area contributed by atoms with E-state index in [0.717, 1.165) is 18.6 Å². The van der Waals surface area contributed by atoms with Crippen molar-refractivity contribution in [2.45, 2.75) is 31.2 Å². The first-order chi connectivity index (χ1) is 7.72. The average Bonchev–Trinajstić information content (AvgIpc) is 2.30. The molecule has 6 heteroatoms. The van der Waals surface area contributed by atoms with Crippen LogP contribution in [0.1, 0.15) is 30.2 Å². The third-order valence-corrected chi connectivity index (χ3v) is 4.10. The van der Waals surface area contributed by atoms with Crippen molar-refractivity contribution in [3.8, 4) is 0 Å². The molecular weight excluding hydrogens is 226 g/mol. The van der Waals surface area contributed by atoms with Crippen LogP contribution in [-0.2, 0) is 6.54 Å². The topological polar surface area (TPSA) is 80.9 Å². The van der Waals surface area contributed by atoms with E-state index in [2.05, 4.69) is 4.98 Å². The maximum atomic E-state index is 11.7. The lowest BCUT2D eigenvalue weighted by Gasteiger charge is -2.23. The number of aromatic nitrogens is 2. The van der Waals surface area contributed by atoms with Crippen LogP contribution in [0.25, 0.3) is 0 Å². The van der Waals surface area contributed by atoms with Crippen molar-refractivity contribution < 1.29 is 0 Å². The summed E-state index contributed by atoms with van der Waals surface area (Å²) in [6, 6.07) is 0. The minimum absolute atomic E-state index is 0.142. The fourth-order valence-corrected chi connectivity index (χ4v) is 3.12. The lowest BCUT2D eigenvalue weighted by molar-refractivity contribution is 0.541. The van der Waals surface area contributed by atoms with Crippen molar-refractivity contribution >= 4 is 11.8 Å². The first kappa shape index (κ1) is 11.5. The summed E-state index contributed by atoms with van der Waals surface area (Å²) in [6.07, 6.45) is 4.90. The minimum atomic E-state index is -0.371. The van der Waals surface area contributed by atoms with Crippen LogP contribution >= 0.6 is 11.8 Å². The average molecular weight is 241 g/mol. The van der Waals surface area contributed by atoms with E-state index < -0.39 is 0 Å². The SMILES string of the molecule is NCc1cn(C2CCCCS2)c(=O)[nH]c1=O. The number of aromatic amines is 1. The van der Waals surface area contributed by atoms with Crippen LogP contribution in [0.2, 0.25) is 0 Å². The first-order valence-electron chi connectivity index (χ1n) is 5.38. The zero-order valence-corrected chi connectivity index (χ0v) is 9.76. The van der Waals surface area contributed by atoms with Gasteiger partial charge in [-0.2, -0.15) is 0 Å². The Balaban J connectivity index is 2.39. The standard InChI is InChI=1S/C10H15N3O2S/c11-5-7-6-13(10(15)12-9(7)14)8-3-1-2-4-16-8/h6,8H,1-5,11H2,(H,12,14,15). The summed E-state index contributed by atoms with van der Waals surface area (Å²) in [5, 5.41) is 0.142. The lowest BCUT2D eigenvalue weighted by Crippen LogP contribution is -2.34. The van der Waals surface area contributed by atoms with Gasteiger partial charge in [0.25, 0.3) is 5.56 Å². The molecule has 1 aromatic heterocycles. The number of hydrogen-bond donors (Lipinski definition) is 2. The quantitative estimate of drug-likeness (QED) is 0.786. The Morgan fingerprint density at radius 1 is 1.50 bits per heavy atom. The number of nitrogens with zero attached hydrogens (tertiary/aromatic N) is 1. The summed E-state index contributed by atoms with van der Waals surface area (Å²) >= 11 is 1.76. The van der Waals surface area contributed by atoms with Gasteiger partial charge in [0, 0.05) is 18.3 Å². The van der Waals surface area contributed by atoms with Gasteiger partial charge >= 0.3 is 5.69 Å². The highest BCUT2D eigenvalue weighted by Crippen LogP contribution is 2.32. The van der Waals surface area contributed by atoms with Crippen LogP contribution in [0.4, 0.5) is 0 Å². The molecule has 1 unspecified atom stereocenters. The van der Waals surface area contributed by atoms with E-state index in [-0.39, 0.29) is 23.2 Å². The zero-order valence-electron chi connectivity index (χ0n) is 8.94. The van der Waals surface area contributed by atoms with Gasteiger partial charge in [0.05, 0.1) is 5.37 Å². The Bertz CT molecular complexity index is 474. The van der Waals surface area contributed by atoms with Gasteiger partial charge in [-0.3, -0.25) is 14.3 Å². The molecule has 0 spiro atoms. The molecule has 88 valence electrons. The summed E-state index contributed by atoms with van der Waals surface area (Å²) in [7, 11) is 0. The molecule has 2 heterocycles. The fourth-order valence-electron chi connectivity index (χ4n) is 1.83. The summed E-state index contributed by atoms with van der Waals surface area (Å²) in [5.74, 6) is 1.06. The van der Waals surface area contributed by atoms with Gasteiger partial charge < -0.3 is 5.73 Å². The van der Waals surface area contributed by atoms with Gasteiger partial charge in [-0.1, -0.05) is 0 Å². The summed E-state index contributed by atoms with van der Waals surface area (Å²) in [4.78, 5) is 25.3. The molecule has 0 aliphatic carbocycles. The van der Waals surface area contributed by atoms with E-state index in [1.54, 1.807) is 22.5 Å². The van der Waals surface area contributed by atoms with Crippen molar-refractivity contribution in [1.82, 2.24) is 9.55 Å². The van der Waals surface area contributed by atoms with E-state index in [4.69, 9.17) is 5.73 Å². The normalized spacial score (nSPS) is 20.9. The van der Waals surface area contributed by atoms with Crippen molar-refractivity contribution in [3.63, 3.8) is 0 Å². The van der Waals surface area contributed by atoms with Crippen LogP contribution in [-0.4, -0.2) is 15.3 Å². The Labute approximate surface area is 97.1 Å². The first-order valence-corrected chi connectivity index (χ1v) is 6.43. The van der Waals surface area contributed by atoms with Crippen molar-refractivity contribution in [2.24, 2.45) is 5.73 Å². The van der Waals surface area contributed by atoms with Crippen molar-refractivity contribution in [3.05, 3.63) is 32.6 Å². The fraction of sp³-hybridized carbons (Fsp3) is 0.600. The Morgan fingerprint density at radius 3 is 2.94 bits per heavy atom. The van der Waals surface area contributed by atoms with Gasteiger partial charge in [-0.25, -0.2) is 4.79 Å². The second kappa shape index (κ2) is 4.88. The third kappa shape index (κ3) is 2.22. The van der Waals surface area contributed by atoms with Crippen LogP contribution in [0.3, 0.4) is 0 Å². The molecule has 2 rings (SSSR count). The number of hydrogen-bond acceptors (Lipinski definition) is 4. The van der Waals surface area contributed by atoms with Gasteiger partial charge in [0.1, 0.15) is 0 Å². The molecule has 1 saturated heterocycles. The number of rotatable bonds is 2. The number of nitrogens with two attached hydrogens (primary N) is 1. The number of thioether (sulfide) groups is 1. The predicted octanol–water partition coefficient (Wildman–Crippen LogP) is 0.411. The molecule has 1 atom stereocenters. The second-order valence-electron chi connectivity index (χ2n) is 3.85. The van der Waals surface area contributed by atoms with Crippen LogP contribution < -0.4 is 17.0 Å². The Kier molecular flexibility index (Phi) is 3.50. The number of nitrogens with one attached hydrogen (secondary N) is 1. The molecule has 0 amide bonds. The van der Waals surface area contributed by atoms with Gasteiger partial charge in [-0.05, 0) is 25.0 Å². The maximum absolute atomic E-state index is 11.7. The largest absolute Gasteiger partial charge is 0.329 e. The van der Waals surface area contributed by atoms with Crippen LogP contribution in [0, 0.1) is 0 Å². The van der Waals surface area contributed by atoms with Crippen LogP contribution in [0.15, 0.2) is 15.8 Å². The number of H-pyrrole nitrogens is 1. The predicted molar refractivity (Wildman–Crippen MR) is 64.6 cm³/mol. The molecule has 0 saturated carbocycles. The van der Waals surface area contributed by atoms with E-state index in [9.17, 15) is 9.59 Å². The smallest absolute Gasteiger partial charge is 0.326 e. The molecule has 1 aromatic rings. The zero-order chi connectivity index (χ0) is 11.5. The molecule has 0 radical (unpaired) electrons. The molecule has 1 fully saturated rings. The molecule has 3 N–H and O–H groups in total. The summed E-state index contributed by atoms with van der Waals surface area (Å²) in [5.41, 5.74) is 5.22. The van der Waals surface area contributed by atoms with Crippen molar-refractivity contribution in [1.29, 1.82) is 0 Å². The molecular formula is C10H15N3O2S. The maximum Gasteiger partial charge on any atom is 0.329 e. The Hall–Kier alpha value is -1.01. The molecule has 0 aromatic carbocycles. The van der Waals surface area contributed by atoms with Gasteiger partial charge in [-0.15, -0.1) is 11.8 Å². The second-order valence-corrected chi connectivity index (χ2v) is 5.13. The van der Waals surface area contributed by atoms with E-state index in [1.165, 1.54) is 6.42 Å². The van der Waals surface area contributed by atoms with Gasteiger partial charge in [0.2, 0.25) is 0 Å². The van der Waals surface area contributed by atoms with Crippen molar-refractivity contribution in [2.75, 3.05) is 5.75 Å². The third-order valence-electron chi connectivity index (χ3n) is 2.73. The van der Waals surface area contributed by atoms with Crippen LogP contribution in [0.5, 0.6) is 0 Å². The van der Waals surface area contributed by atoms with E-state index >= 15 is 0 Å². The monoisotopic (exact) mass is 241 g/mol. The summed E-state index contributed by atoms with van der Waals surface area (Å²) in [6.45, 7) is 0.160.